The summed E-state index contributed by atoms with van der Waals surface area (Å²) in [5.41, 5.74) is 0. The monoisotopic (exact) mass is 505 g/mol. The van der Waals surface area contributed by atoms with Gasteiger partial charge >= 0.3 is 65.2 Å². The second-order valence-corrected chi connectivity index (χ2v) is 4.66. The summed E-state index contributed by atoms with van der Waals surface area (Å²) in [4.78, 5) is 0. The van der Waals surface area contributed by atoms with E-state index in [9.17, 15) is 0 Å². The van der Waals surface area contributed by atoms with Crippen molar-refractivity contribution in [1.29, 1.82) is 0 Å². The summed E-state index contributed by atoms with van der Waals surface area (Å²) in [5, 5.41) is 0. The van der Waals surface area contributed by atoms with Gasteiger partial charge in [-0.3, -0.25) is 0 Å². The summed E-state index contributed by atoms with van der Waals surface area (Å²) in [6, 6.07) is 0. The number of hydrogen-bond donors (Lipinski definition) is 0. The van der Waals surface area contributed by atoms with Gasteiger partial charge in [0, 0.05) is 0 Å². The molecule has 33 valence electrons. The van der Waals surface area contributed by atoms with Gasteiger partial charge in [-0.1, -0.05) is 0 Å². The predicted octanol–water partition coefficient (Wildman–Crippen LogP) is 0.334. The Labute approximate surface area is 64.5 Å². The Kier molecular flexibility index (Phi) is 33.8. The van der Waals surface area contributed by atoms with Crippen molar-refractivity contribution in [3.8, 4) is 0 Å². The van der Waals surface area contributed by atoms with Crippen LogP contribution >= 0.6 is 0 Å². The van der Waals surface area contributed by atoms with Crippen LogP contribution in [0.5, 0.6) is 0 Å². The van der Waals surface area contributed by atoms with E-state index in [0.717, 1.165) is 0 Å². The molecule has 0 rings (SSSR count). The molecule has 0 aromatic rings. The van der Waals surface area contributed by atoms with Crippen molar-refractivity contribution in [2.24, 2.45) is 0 Å². The van der Waals surface area contributed by atoms with Crippen molar-refractivity contribution in [2.45, 2.75) is 3.32 Å². The first kappa shape index (κ1) is 9.95. The second kappa shape index (κ2) is 17.0. The van der Waals surface area contributed by atoms with E-state index in [4.69, 9.17) is 3.40 Å². The van der Waals surface area contributed by atoms with Gasteiger partial charge in [0.05, 0.1) is 0 Å². The van der Waals surface area contributed by atoms with Crippen LogP contribution in [0, 0.1) is 0 Å². The molecule has 0 spiro atoms. The second-order valence-electron chi connectivity index (χ2n) is 0.0962. The van der Waals surface area contributed by atoms with Gasteiger partial charge in [0.15, 0.2) is 0 Å². The summed E-state index contributed by atoms with van der Waals surface area (Å²) in [7, 11) is 0. The first-order chi connectivity index (χ1) is 2.41. The van der Waals surface area contributed by atoms with Crippen molar-refractivity contribution < 1.29 is 61.9 Å². The molecule has 0 saturated heterocycles. The minimum atomic E-state index is 0.333. The van der Waals surface area contributed by atoms with Gasteiger partial charge in [0.1, 0.15) is 0 Å². The first-order valence-electron chi connectivity index (χ1n) is 0.691. The minimum absolute atomic E-state index is 0.333. The van der Waals surface area contributed by atoms with E-state index < -0.39 is 0 Å². The summed E-state index contributed by atoms with van der Waals surface area (Å²) >= 11 is 4.53. The Morgan fingerprint density at radius 2 is 1.80 bits per heavy atom. The molecule has 0 N–H and O–H groups in total. The van der Waals surface area contributed by atoms with E-state index in [0.29, 0.717) is 19.8 Å². The molecule has 4 heteroatoms. The average molecular weight is 502 g/mol. The van der Waals surface area contributed by atoms with Crippen LogP contribution in [0.4, 0.5) is 0 Å². The summed E-state index contributed by atoms with van der Waals surface area (Å²) in [6.07, 6.45) is 0. The van der Waals surface area contributed by atoms with Crippen molar-refractivity contribution in [1.82, 2.24) is 0 Å². The van der Waals surface area contributed by atoms with Crippen LogP contribution in [0.2, 0.25) is 3.32 Å². The van der Waals surface area contributed by atoms with Crippen molar-refractivity contribution in [3.63, 3.8) is 0 Å². The molecule has 0 saturated carbocycles. The standard InChI is InChI=1S/CH2.Ir.Mo.O.W/h1H2;;;;. The molecule has 0 atom stereocenters. The molecule has 1 nitrogen and oxygen atoms in total. The zero-order chi connectivity index (χ0) is 4.71. The van der Waals surface area contributed by atoms with Crippen LogP contribution in [0.3, 0.4) is 0 Å². The fourth-order valence-corrected chi connectivity index (χ4v) is 0. The molecule has 0 aliphatic heterocycles. The predicted molar refractivity (Wildman–Crippen MR) is 5.49 cm³/mol. The molecule has 0 aliphatic rings. The van der Waals surface area contributed by atoms with Gasteiger partial charge in [0.25, 0.3) is 0 Å². The van der Waals surface area contributed by atoms with Crippen molar-refractivity contribution in [2.75, 3.05) is 0 Å². The number of rotatable bonds is 0. The fourth-order valence-electron chi connectivity index (χ4n) is 0. The molecule has 0 heterocycles. The van der Waals surface area contributed by atoms with Crippen LogP contribution in [-0.4, -0.2) is 0 Å². The molecule has 0 aromatic heterocycles. The maximum atomic E-state index is 8.33. The van der Waals surface area contributed by atoms with Crippen LogP contribution < -0.4 is 0 Å². The SMILES string of the molecule is [Mo][CH2][Ir].[O]=[W]. The van der Waals surface area contributed by atoms with E-state index in [-0.39, 0.29) is 0 Å². The van der Waals surface area contributed by atoms with E-state index in [1.165, 1.54) is 3.32 Å². The molecule has 0 amide bonds. The van der Waals surface area contributed by atoms with Crippen LogP contribution in [0.15, 0.2) is 0 Å². The summed E-state index contributed by atoms with van der Waals surface area (Å²) in [6.45, 7) is 0. The van der Waals surface area contributed by atoms with Crippen LogP contribution in [-0.2, 0) is 61.9 Å². The van der Waals surface area contributed by atoms with Crippen molar-refractivity contribution >= 4 is 0 Å². The molecule has 0 aromatic carbocycles. The quantitative estimate of drug-likeness (QED) is 0.437. The van der Waals surface area contributed by atoms with Crippen LogP contribution in [0.1, 0.15) is 0 Å². The summed E-state index contributed by atoms with van der Waals surface area (Å²) in [5.74, 6) is 0. The Balaban J connectivity index is 0. The van der Waals surface area contributed by atoms with Gasteiger partial charge in [-0.05, 0) is 0 Å². The van der Waals surface area contributed by atoms with Gasteiger partial charge in [0.2, 0.25) is 0 Å². The van der Waals surface area contributed by atoms with Gasteiger partial charge in [-0.15, -0.1) is 0 Å². The Bertz CT molecular complexity index is 15.6. The van der Waals surface area contributed by atoms with Crippen LogP contribution in [0.25, 0.3) is 0 Å². The molecular formula is CH2IrMoOW. The number of hydrogen-bond acceptors (Lipinski definition) is 1. The van der Waals surface area contributed by atoms with E-state index in [1.807, 2.05) is 0 Å². The zero-order valence-corrected chi connectivity index (χ0v) is 9.60. The molecule has 5 heavy (non-hydrogen) atoms. The molecule has 0 unspecified atom stereocenters. The fraction of sp³-hybridized carbons (Fsp3) is 1.00. The topological polar surface area (TPSA) is 17.1 Å². The molecule has 0 fully saturated rings. The van der Waals surface area contributed by atoms with Crippen molar-refractivity contribution in [3.05, 3.63) is 0 Å². The molecule has 0 aliphatic carbocycles. The normalized spacial score (nSPS) is 4.40. The zero-order valence-electron chi connectivity index (χ0n) is 2.27. The van der Waals surface area contributed by atoms with Gasteiger partial charge in [-0.25, -0.2) is 0 Å². The van der Waals surface area contributed by atoms with E-state index in [1.54, 1.807) is 0 Å². The first-order valence-corrected chi connectivity index (χ1v) is 5.00. The van der Waals surface area contributed by atoms with E-state index in [2.05, 4.69) is 38.7 Å². The third-order valence-corrected chi connectivity index (χ3v) is 0. The third kappa shape index (κ3) is 25.6. The Morgan fingerprint density at radius 3 is 1.80 bits per heavy atom. The Morgan fingerprint density at radius 1 is 1.80 bits per heavy atom. The van der Waals surface area contributed by atoms with Gasteiger partial charge in [-0.2, -0.15) is 0 Å². The Hall–Kier alpha value is 1.83. The maximum absolute atomic E-state index is 8.33. The third-order valence-electron chi connectivity index (χ3n) is 0. The molecular weight excluding hydrogens is 500 g/mol. The van der Waals surface area contributed by atoms with Gasteiger partial charge < -0.3 is 0 Å². The molecule has 0 radical (unpaired) electrons. The van der Waals surface area contributed by atoms with E-state index >= 15 is 0 Å². The molecule has 0 bridgehead atoms. The average Bonchev–Trinajstić information content (AvgIpc) is 1.46. The summed E-state index contributed by atoms with van der Waals surface area (Å²) < 4.78 is 9.59.